The van der Waals surface area contributed by atoms with Gasteiger partial charge in [-0.2, -0.15) is 18.3 Å². The number of amides is 1. The van der Waals surface area contributed by atoms with Crippen LogP contribution < -0.4 is 10.1 Å². The molecule has 150 valence electrons. The monoisotopic (exact) mass is 401 g/mol. The molecule has 0 saturated heterocycles. The summed E-state index contributed by atoms with van der Waals surface area (Å²) in [5, 5.41) is 10.2. The van der Waals surface area contributed by atoms with E-state index in [2.05, 4.69) is 15.5 Å². The van der Waals surface area contributed by atoms with Crippen molar-refractivity contribution in [1.82, 2.24) is 10.2 Å². The number of anilines is 1. The molecule has 1 aliphatic rings. The highest BCUT2D eigenvalue weighted by Crippen LogP contribution is 2.45. The SMILES string of the molecule is COc1cccc(-c2n[nH]c(C3CC3)c2NC(=O)c2ccc(C(F)(F)F)cc2)c1. The lowest BCUT2D eigenvalue weighted by Crippen LogP contribution is -2.14. The highest BCUT2D eigenvalue weighted by Gasteiger charge is 2.32. The first-order valence-corrected chi connectivity index (χ1v) is 9.08. The lowest BCUT2D eigenvalue weighted by Gasteiger charge is -2.10. The molecular weight excluding hydrogens is 383 g/mol. The first kappa shape index (κ1) is 19.0. The number of carbonyl (C=O) groups excluding carboxylic acids is 1. The van der Waals surface area contributed by atoms with Crippen molar-refractivity contribution in [3.05, 3.63) is 65.4 Å². The van der Waals surface area contributed by atoms with Crippen LogP contribution in [0.2, 0.25) is 0 Å². The quantitative estimate of drug-likeness (QED) is 0.615. The number of aromatic amines is 1. The molecule has 3 aromatic rings. The van der Waals surface area contributed by atoms with Gasteiger partial charge in [-0.05, 0) is 49.2 Å². The third-order valence-electron chi connectivity index (χ3n) is 4.84. The van der Waals surface area contributed by atoms with Crippen molar-refractivity contribution < 1.29 is 22.7 Å². The predicted octanol–water partition coefficient (Wildman–Crippen LogP) is 5.23. The fraction of sp³-hybridized carbons (Fsp3) is 0.238. The van der Waals surface area contributed by atoms with Gasteiger partial charge in [0, 0.05) is 17.0 Å². The van der Waals surface area contributed by atoms with E-state index in [0.29, 0.717) is 17.1 Å². The number of ether oxygens (including phenoxy) is 1. The van der Waals surface area contributed by atoms with Gasteiger partial charge in [0.05, 0.1) is 24.1 Å². The van der Waals surface area contributed by atoms with Gasteiger partial charge in [-0.3, -0.25) is 9.89 Å². The second-order valence-electron chi connectivity index (χ2n) is 6.90. The molecule has 1 aliphatic carbocycles. The van der Waals surface area contributed by atoms with E-state index in [0.717, 1.165) is 36.2 Å². The van der Waals surface area contributed by atoms with Gasteiger partial charge in [0.2, 0.25) is 0 Å². The van der Waals surface area contributed by atoms with Crippen LogP contribution in [0.5, 0.6) is 5.75 Å². The summed E-state index contributed by atoms with van der Waals surface area (Å²) in [5.74, 6) is 0.439. The number of rotatable bonds is 5. The normalized spacial score (nSPS) is 13.9. The van der Waals surface area contributed by atoms with Crippen LogP contribution in [-0.4, -0.2) is 23.2 Å². The second-order valence-corrected chi connectivity index (χ2v) is 6.90. The zero-order chi connectivity index (χ0) is 20.6. The van der Waals surface area contributed by atoms with Crippen LogP contribution in [0, 0.1) is 0 Å². The van der Waals surface area contributed by atoms with Gasteiger partial charge in [-0.15, -0.1) is 0 Å². The molecule has 0 unspecified atom stereocenters. The van der Waals surface area contributed by atoms with Crippen molar-refractivity contribution in [2.75, 3.05) is 12.4 Å². The summed E-state index contributed by atoms with van der Waals surface area (Å²) in [4.78, 5) is 12.7. The second kappa shape index (κ2) is 7.27. The topological polar surface area (TPSA) is 67.0 Å². The van der Waals surface area contributed by atoms with Crippen LogP contribution in [0.25, 0.3) is 11.3 Å². The first-order valence-electron chi connectivity index (χ1n) is 9.08. The molecule has 8 heteroatoms. The van der Waals surface area contributed by atoms with Crippen molar-refractivity contribution in [3.8, 4) is 17.0 Å². The van der Waals surface area contributed by atoms with Gasteiger partial charge in [0.1, 0.15) is 11.4 Å². The highest BCUT2D eigenvalue weighted by molar-refractivity contribution is 6.06. The van der Waals surface area contributed by atoms with Crippen molar-refractivity contribution in [3.63, 3.8) is 0 Å². The number of methoxy groups -OCH3 is 1. The Labute approximate surface area is 164 Å². The molecule has 0 bridgehead atoms. The number of aromatic nitrogens is 2. The van der Waals surface area contributed by atoms with Crippen LogP contribution in [0.1, 0.15) is 40.4 Å². The van der Waals surface area contributed by atoms with Crippen molar-refractivity contribution >= 4 is 11.6 Å². The molecule has 0 spiro atoms. The summed E-state index contributed by atoms with van der Waals surface area (Å²) in [7, 11) is 1.56. The molecule has 0 aliphatic heterocycles. The molecule has 2 N–H and O–H groups in total. The van der Waals surface area contributed by atoms with E-state index < -0.39 is 17.6 Å². The zero-order valence-corrected chi connectivity index (χ0v) is 15.5. The molecule has 1 amide bonds. The Balaban J connectivity index is 1.65. The van der Waals surface area contributed by atoms with E-state index in [1.165, 1.54) is 12.1 Å². The molecule has 2 aromatic carbocycles. The summed E-state index contributed by atoms with van der Waals surface area (Å²) < 4.78 is 43.5. The minimum atomic E-state index is -4.45. The van der Waals surface area contributed by atoms with Crippen LogP contribution in [-0.2, 0) is 6.18 Å². The fourth-order valence-corrected chi connectivity index (χ4v) is 3.12. The average Bonchev–Trinajstić information content (AvgIpc) is 3.48. The zero-order valence-electron chi connectivity index (χ0n) is 15.5. The Morgan fingerprint density at radius 3 is 2.52 bits per heavy atom. The fourth-order valence-electron chi connectivity index (χ4n) is 3.12. The third kappa shape index (κ3) is 3.96. The Hall–Kier alpha value is -3.29. The maximum atomic E-state index is 12.8. The number of carbonyl (C=O) groups is 1. The van der Waals surface area contributed by atoms with Crippen LogP contribution in [0.15, 0.2) is 48.5 Å². The van der Waals surface area contributed by atoms with Crippen LogP contribution in [0.3, 0.4) is 0 Å². The Bertz CT molecular complexity index is 1040. The molecule has 1 saturated carbocycles. The third-order valence-corrected chi connectivity index (χ3v) is 4.84. The van der Waals surface area contributed by atoms with Gasteiger partial charge >= 0.3 is 6.18 Å². The molecule has 5 nitrogen and oxygen atoms in total. The van der Waals surface area contributed by atoms with Crippen molar-refractivity contribution in [1.29, 1.82) is 0 Å². The summed E-state index contributed by atoms with van der Waals surface area (Å²) in [5.41, 5.74) is 2.03. The van der Waals surface area contributed by atoms with E-state index >= 15 is 0 Å². The Kier molecular flexibility index (Phi) is 4.77. The summed E-state index contributed by atoms with van der Waals surface area (Å²) in [6.07, 6.45) is -2.47. The number of nitrogens with one attached hydrogen (secondary N) is 2. The number of nitrogens with zero attached hydrogens (tertiary/aromatic N) is 1. The van der Waals surface area contributed by atoms with Gasteiger partial charge in [0.25, 0.3) is 5.91 Å². The number of benzene rings is 2. The van der Waals surface area contributed by atoms with Crippen LogP contribution in [0.4, 0.5) is 18.9 Å². The minimum absolute atomic E-state index is 0.137. The number of H-pyrrole nitrogens is 1. The lowest BCUT2D eigenvalue weighted by molar-refractivity contribution is -0.137. The predicted molar refractivity (Wildman–Crippen MR) is 102 cm³/mol. The van der Waals surface area contributed by atoms with Gasteiger partial charge < -0.3 is 10.1 Å². The standard InChI is InChI=1S/C21H18F3N3O2/c1-29-16-4-2-3-14(11-16)18-19(17(26-27-18)12-5-6-12)25-20(28)13-7-9-15(10-8-13)21(22,23)24/h2-4,7-12H,5-6H2,1H3,(H,25,28)(H,26,27). The van der Waals surface area contributed by atoms with Gasteiger partial charge in [-0.25, -0.2) is 0 Å². The summed E-state index contributed by atoms with van der Waals surface area (Å²) >= 11 is 0. The number of hydrogen-bond acceptors (Lipinski definition) is 3. The highest BCUT2D eigenvalue weighted by atomic mass is 19.4. The van der Waals surface area contributed by atoms with Crippen LogP contribution >= 0.6 is 0 Å². The van der Waals surface area contributed by atoms with E-state index in [1.54, 1.807) is 19.2 Å². The summed E-state index contributed by atoms with van der Waals surface area (Å²) in [6.45, 7) is 0. The number of hydrogen-bond donors (Lipinski definition) is 2. The lowest BCUT2D eigenvalue weighted by atomic mass is 10.1. The van der Waals surface area contributed by atoms with Gasteiger partial charge in [0.15, 0.2) is 0 Å². The maximum absolute atomic E-state index is 12.8. The molecule has 0 atom stereocenters. The Morgan fingerprint density at radius 2 is 1.90 bits per heavy atom. The molecule has 4 rings (SSSR count). The Morgan fingerprint density at radius 1 is 1.17 bits per heavy atom. The average molecular weight is 401 g/mol. The molecule has 1 heterocycles. The molecule has 29 heavy (non-hydrogen) atoms. The minimum Gasteiger partial charge on any atom is -0.497 e. The molecule has 1 fully saturated rings. The first-order chi connectivity index (χ1) is 13.9. The van der Waals surface area contributed by atoms with E-state index in [1.807, 2.05) is 12.1 Å². The van der Waals surface area contributed by atoms with E-state index in [-0.39, 0.29) is 11.5 Å². The molecule has 1 aromatic heterocycles. The van der Waals surface area contributed by atoms with Crippen molar-refractivity contribution in [2.24, 2.45) is 0 Å². The van der Waals surface area contributed by atoms with Crippen molar-refractivity contribution in [2.45, 2.75) is 24.9 Å². The summed E-state index contributed by atoms with van der Waals surface area (Å²) in [6, 6.07) is 11.4. The number of alkyl halides is 3. The smallest absolute Gasteiger partial charge is 0.416 e. The van der Waals surface area contributed by atoms with E-state index in [4.69, 9.17) is 4.74 Å². The number of halogens is 3. The maximum Gasteiger partial charge on any atom is 0.416 e. The largest absolute Gasteiger partial charge is 0.497 e. The van der Waals surface area contributed by atoms with E-state index in [9.17, 15) is 18.0 Å². The van der Waals surface area contributed by atoms with Gasteiger partial charge in [-0.1, -0.05) is 12.1 Å². The molecular formula is C21H18F3N3O2. The molecule has 0 radical (unpaired) electrons.